The minimum Gasteiger partial charge on any atom is -0.325 e. The second kappa shape index (κ2) is 8.26. The minimum absolute atomic E-state index is 0.00774. The second-order valence-corrected chi connectivity index (χ2v) is 8.34. The van der Waals surface area contributed by atoms with Crippen LogP contribution in [0.5, 0.6) is 0 Å². The normalized spacial score (nSPS) is 11.2. The zero-order chi connectivity index (χ0) is 16.7. The van der Waals surface area contributed by atoms with Crippen LogP contribution in [-0.4, -0.2) is 25.8 Å². The third-order valence-corrected chi connectivity index (χ3v) is 5.33. The van der Waals surface area contributed by atoms with Crippen LogP contribution in [0.15, 0.2) is 59.1 Å². The molecule has 122 valence electrons. The van der Waals surface area contributed by atoms with Gasteiger partial charge in [-0.3, -0.25) is 4.79 Å². The first-order valence-corrected chi connectivity index (χ1v) is 9.86. The van der Waals surface area contributed by atoms with E-state index in [4.69, 9.17) is 0 Å². The van der Waals surface area contributed by atoms with Crippen molar-refractivity contribution < 1.29 is 13.2 Å². The Morgan fingerprint density at radius 1 is 1.04 bits per heavy atom. The summed E-state index contributed by atoms with van der Waals surface area (Å²) < 4.78 is 24.9. The van der Waals surface area contributed by atoms with Crippen LogP contribution < -0.4 is 5.32 Å². The van der Waals surface area contributed by atoms with Crippen LogP contribution in [-0.2, 0) is 21.1 Å². The lowest BCUT2D eigenvalue weighted by Gasteiger charge is -2.07. The Bertz CT molecular complexity index is 760. The molecule has 0 spiro atoms. The average Bonchev–Trinajstić information content (AvgIpc) is 2.47. The van der Waals surface area contributed by atoms with Gasteiger partial charge in [-0.05, 0) is 36.6 Å². The zero-order valence-electron chi connectivity index (χ0n) is 12.5. The van der Waals surface area contributed by atoms with Crippen LogP contribution in [0.1, 0.15) is 12.0 Å². The molecule has 0 saturated heterocycles. The van der Waals surface area contributed by atoms with Crippen molar-refractivity contribution in [1.29, 1.82) is 0 Å². The quantitative estimate of drug-likeness (QED) is 0.780. The molecule has 0 radical (unpaired) electrons. The summed E-state index contributed by atoms with van der Waals surface area (Å²) in [4.78, 5) is 11.9. The predicted molar refractivity (Wildman–Crippen MR) is 96.2 cm³/mol. The number of benzene rings is 2. The highest BCUT2D eigenvalue weighted by Gasteiger charge is 2.16. The van der Waals surface area contributed by atoms with E-state index in [0.29, 0.717) is 18.5 Å². The van der Waals surface area contributed by atoms with E-state index in [1.807, 2.05) is 36.4 Å². The number of aryl methyl sites for hydroxylation is 1. The Morgan fingerprint density at radius 3 is 2.48 bits per heavy atom. The Hall–Kier alpha value is -1.66. The molecule has 0 unspecified atom stereocenters. The fourth-order valence-corrected chi connectivity index (χ4v) is 3.78. The van der Waals surface area contributed by atoms with Gasteiger partial charge in [-0.2, -0.15) is 0 Å². The van der Waals surface area contributed by atoms with Crippen molar-refractivity contribution in [3.8, 4) is 0 Å². The molecule has 0 saturated carbocycles. The highest BCUT2D eigenvalue weighted by atomic mass is 79.9. The van der Waals surface area contributed by atoms with Crippen molar-refractivity contribution in [1.82, 2.24) is 0 Å². The molecule has 2 aromatic carbocycles. The van der Waals surface area contributed by atoms with Crippen LogP contribution in [0, 0.1) is 0 Å². The molecule has 1 N–H and O–H groups in total. The molecule has 0 aliphatic rings. The Labute approximate surface area is 145 Å². The van der Waals surface area contributed by atoms with Gasteiger partial charge in [0.2, 0.25) is 5.91 Å². The van der Waals surface area contributed by atoms with Crippen LogP contribution in [0.3, 0.4) is 0 Å². The van der Waals surface area contributed by atoms with E-state index >= 15 is 0 Å². The number of amides is 1. The van der Waals surface area contributed by atoms with Gasteiger partial charge in [-0.15, -0.1) is 0 Å². The number of halogens is 1. The third kappa shape index (κ3) is 6.54. The largest absolute Gasteiger partial charge is 0.325 e. The number of hydrogen-bond donors (Lipinski definition) is 1. The standard InChI is InChI=1S/C17H18BrNO3S/c18-15-9-4-10-16(12-15)19-17(20)13-23(21,22)11-5-8-14-6-2-1-3-7-14/h1-4,6-7,9-10,12H,5,8,11,13H2,(H,19,20). The number of carbonyl (C=O) groups excluding carboxylic acids is 1. The van der Waals surface area contributed by atoms with Gasteiger partial charge < -0.3 is 5.32 Å². The first-order chi connectivity index (χ1) is 10.9. The number of carbonyl (C=O) groups is 1. The molecule has 0 aliphatic carbocycles. The summed E-state index contributed by atoms with van der Waals surface area (Å²) in [6.45, 7) is 0. The van der Waals surface area contributed by atoms with Crippen LogP contribution in [0.4, 0.5) is 5.69 Å². The molecule has 0 aromatic heterocycles. The van der Waals surface area contributed by atoms with Gasteiger partial charge in [0.1, 0.15) is 5.75 Å². The maximum atomic E-state index is 12.0. The van der Waals surface area contributed by atoms with Crippen molar-refractivity contribution in [3.05, 3.63) is 64.6 Å². The fraction of sp³-hybridized carbons (Fsp3) is 0.235. The highest BCUT2D eigenvalue weighted by molar-refractivity contribution is 9.10. The van der Waals surface area contributed by atoms with Crippen LogP contribution >= 0.6 is 15.9 Å². The minimum atomic E-state index is -3.40. The van der Waals surface area contributed by atoms with E-state index in [-0.39, 0.29) is 5.75 Å². The molecule has 6 heteroatoms. The Balaban J connectivity index is 1.82. The molecule has 0 fully saturated rings. The topological polar surface area (TPSA) is 63.2 Å². The van der Waals surface area contributed by atoms with E-state index < -0.39 is 21.5 Å². The molecule has 2 aromatic rings. The maximum Gasteiger partial charge on any atom is 0.239 e. The van der Waals surface area contributed by atoms with Crippen molar-refractivity contribution in [3.63, 3.8) is 0 Å². The van der Waals surface area contributed by atoms with Gasteiger partial charge in [-0.1, -0.05) is 52.3 Å². The van der Waals surface area contributed by atoms with E-state index in [1.165, 1.54) is 0 Å². The number of hydrogen-bond acceptors (Lipinski definition) is 3. The van der Waals surface area contributed by atoms with Gasteiger partial charge in [0.25, 0.3) is 0 Å². The molecule has 0 heterocycles. The summed E-state index contributed by atoms with van der Waals surface area (Å²) in [5.74, 6) is -0.995. The SMILES string of the molecule is O=C(CS(=O)(=O)CCCc1ccccc1)Nc1cccc(Br)c1. The monoisotopic (exact) mass is 395 g/mol. The number of rotatable bonds is 7. The summed E-state index contributed by atoms with van der Waals surface area (Å²) in [5, 5.41) is 2.60. The number of sulfone groups is 1. The molecule has 0 aliphatic heterocycles. The highest BCUT2D eigenvalue weighted by Crippen LogP contribution is 2.15. The third-order valence-electron chi connectivity index (χ3n) is 3.22. The van der Waals surface area contributed by atoms with Crippen molar-refractivity contribution in [2.45, 2.75) is 12.8 Å². The van der Waals surface area contributed by atoms with Crippen LogP contribution in [0.2, 0.25) is 0 Å². The molecule has 1 amide bonds. The molecule has 0 bridgehead atoms. The first-order valence-electron chi connectivity index (χ1n) is 7.24. The lowest BCUT2D eigenvalue weighted by atomic mass is 10.1. The van der Waals surface area contributed by atoms with Gasteiger partial charge in [0, 0.05) is 10.2 Å². The molecular weight excluding hydrogens is 378 g/mol. The van der Waals surface area contributed by atoms with E-state index in [2.05, 4.69) is 21.2 Å². The number of anilines is 1. The summed E-state index contributed by atoms with van der Waals surface area (Å²) in [7, 11) is -3.40. The van der Waals surface area contributed by atoms with Crippen LogP contribution in [0.25, 0.3) is 0 Å². The van der Waals surface area contributed by atoms with E-state index in [9.17, 15) is 13.2 Å². The number of nitrogens with one attached hydrogen (secondary N) is 1. The Kier molecular flexibility index (Phi) is 6.36. The van der Waals surface area contributed by atoms with Crippen molar-refractivity contribution >= 4 is 37.4 Å². The van der Waals surface area contributed by atoms with Crippen molar-refractivity contribution in [2.24, 2.45) is 0 Å². The average molecular weight is 396 g/mol. The van der Waals surface area contributed by atoms with Gasteiger partial charge >= 0.3 is 0 Å². The zero-order valence-corrected chi connectivity index (χ0v) is 14.9. The summed E-state index contributed by atoms with van der Waals surface area (Å²) in [6, 6.07) is 16.7. The van der Waals surface area contributed by atoms with Gasteiger partial charge in [-0.25, -0.2) is 8.42 Å². The molecule has 0 atom stereocenters. The van der Waals surface area contributed by atoms with E-state index in [0.717, 1.165) is 10.0 Å². The maximum absolute atomic E-state index is 12.0. The van der Waals surface area contributed by atoms with Gasteiger partial charge in [0.05, 0.1) is 5.75 Å². The predicted octanol–water partition coefficient (Wildman–Crippen LogP) is 3.44. The lowest BCUT2D eigenvalue weighted by molar-refractivity contribution is -0.113. The smallest absolute Gasteiger partial charge is 0.239 e. The van der Waals surface area contributed by atoms with E-state index in [1.54, 1.807) is 18.2 Å². The summed E-state index contributed by atoms with van der Waals surface area (Å²) in [6.07, 6.45) is 1.20. The molecule has 2 rings (SSSR count). The first kappa shape index (κ1) is 17.7. The summed E-state index contributed by atoms with van der Waals surface area (Å²) >= 11 is 3.30. The van der Waals surface area contributed by atoms with Crippen molar-refractivity contribution in [2.75, 3.05) is 16.8 Å². The second-order valence-electron chi connectivity index (χ2n) is 5.24. The lowest BCUT2D eigenvalue weighted by Crippen LogP contribution is -2.24. The van der Waals surface area contributed by atoms with Gasteiger partial charge in [0.15, 0.2) is 9.84 Å². The summed E-state index contributed by atoms with van der Waals surface area (Å²) in [5.41, 5.74) is 1.67. The fourth-order valence-electron chi connectivity index (χ4n) is 2.18. The molecular formula is C17H18BrNO3S. The Morgan fingerprint density at radius 2 is 1.78 bits per heavy atom. The molecule has 23 heavy (non-hydrogen) atoms. The molecule has 4 nitrogen and oxygen atoms in total.